The molecule has 6 heteroatoms. The zero-order valence-corrected chi connectivity index (χ0v) is 15.8. The minimum Gasteiger partial charge on any atom is -0.493 e. The van der Waals surface area contributed by atoms with E-state index in [-0.39, 0.29) is 11.8 Å². The Bertz CT molecular complexity index is 771. The smallest absolute Gasteiger partial charge is 0.251 e. The van der Waals surface area contributed by atoms with Crippen molar-refractivity contribution >= 4 is 29.1 Å². The molecule has 1 saturated carbocycles. The molecule has 142 valence electrons. The molecule has 0 unspecified atom stereocenters. The van der Waals surface area contributed by atoms with E-state index >= 15 is 0 Å². The molecular weight excluding hydrogens is 364 g/mol. The van der Waals surface area contributed by atoms with Crippen LogP contribution in [0.1, 0.15) is 36.0 Å². The zero-order chi connectivity index (χ0) is 19.1. The molecule has 0 atom stereocenters. The highest BCUT2D eigenvalue weighted by Crippen LogP contribution is 2.29. The maximum atomic E-state index is 12.1. The van der Waals surface area contributed by atoms with Gasteiger partial charge in [-0.2, -0.15) is 0 Å². The second kappa shape index (κ2) is 9.42. The van der Waals surface area contributed by atoms with Crippen molar-refractivity contribution in [3.63, 3.8) is 0 Å². The van der Waals surface area contributed by atoms with Crippen molar-refractivity contribution in [3.8, 4) is 5.75 Å². The molecule has 27 heavy (non-hydrogen) atoms. The number of rotatable bonds is 9. The van der Waals surface area contributed by atoms with Gasteiger partial charge in [-0.1, -0.05) is 11.6 Å². The fraction of sp³-hybridized carbons (Fsp3) is 0.333. The summed E-state index contributed by atoms with van der Waals surface area (Å²) in [6.45, 7) is 1.19. The number of nitrogens with one attached hydrogen (secondary N) is 2. The van der Waals surface area contributed by atoms with E-state index in [1.165, 1.54) is 12.8 Å². The van der Waals surface area contributed by atoms with Crippen LogP contribution in [0.2, 0.25) is 5.02 Å². The first kappa shape index (κ1) is 19.2. The van der Waals surface area contributed by atoms with Gasteiger partial charge in [0.05, 0.1) is 6.61 Å². The summed E-state index contributed by atoms with van der Waals surface area (Å²) >= 11 is 5.81. The molecule has 2 N–H and O–H groups in total. The highest BCUT2D eigenvalue weighted by atomic mass is 35.5. The van der Waals surface area contributed by atoms with E-state index in [1.54, 1.807) is 36.4 Å². The van der Waals surface area contributed by atoms with Gasteiger partial charge >= 0.3 is 0 Å². The quantitative estimate of drug-likeness (QED) is 0.632. The Morgan fingerprint density at radius 2 is 1.74 bits per heavy atom. The average Bonchev–Trinajstić information content (AvgIpc) is 3.50. The first-order chi connectivity index (χ1) is 13.1. The maximum absolute atomic E-state index is 12.1. The molecule has 0 heterocycles. The van der Waals surface area contributed by atoms with Gasteiger partial charge in [0.15, 0.2) is 0 Å². The predicted octanol–water partition coefficient (Wildman–Crippen LogP) is 4.28. The van der Waals surface area contributed by atoms with Crippen molar-refractivity contribution in [3.05, 3.63) is 59.1 Å². The third kappa shape index (κ3) is 6.61. The van der Waals surface area contributed by atoms with Crippen LogP contribution in [0.25, 0.3) is 0 Å². The Morgan fingerprint density at radius 1 is 1.04 bits per heavy atom. The number of carbonyl (C=O) groups excluding carboxylic acids is 2. The minimum absolute atomic E-state index is 0.0938. The maximum Gasteiger partial charge on any atom is 0.251 e. The topological polar surface area (TPSA) is 67.4 Å². The molecule has 1 fully saturated rings. The van der Waals surface area contributed by atoms with E-state index in [0.29, 0.717) is 41.6 Å². The van der Waals surface area contributed by atoms with Crippen molar-refractivity contribution in [2.75, 3.05) is 18.5 Å². The van der Waals surface area contributed by atoms with Crippen LogP contribution >= 0.6 is 11.6 Å². The first-order valence-corrected chi connectivity index (χ1v) is 9.54. The summed E-state index contributed by atoms with van der Waals surface area (Å²) < 4.78 is 5.66. The SMILES string of the molecule is O=C(CCCNC(=O)c1ccc(OCC2CC2)cc1)Nc1ccc(Cl)cc1. The second-order valence-corrected chi connectivity index (χ2v) is 7.13. The molecule has 0 aromatic heterocycles. The highest BCUT2D eigenvalue weighted by Gasteiger charge is 2.21. The van der Waals surface area contributed by atoms with E-state index in [4.69, 9.17) is 16.3 Å². The average molecular weight is 387 g/mol. The highest BCUT2D eigenvalue weighted by molar-refractivity contribution is 6.30. The van der Waals surface area contributed by atoms with Crippen LogP contribution in [0, 0.1) is 5.92 Å². The van der Waals surface area contributed by atoms with E-state index in [1.807, 2.05) is 12.1 Å². The number of amides is 2. The number of halogens is 1. The van der Waals surface area contributed by atoms with E-state index in [9.17, 15) is 9.59 Å². The van der Waals surface area contributed by atoms with Gasteiger partial charge in [-0.15, -0.1) is 0 Å². The molecule has 5 nitrogen and oxygen atoms in total. The molecule has 3 rings (SSSR count). The van der Waals surface area contributed by atoms with Crippen LogP contribution in [0.4, 0.5) is 5.69 Å². The number of anilines is 1. The Morgan fingerprint density at radius 3 is 2.41 bits per heavy atom. The molecule has 0 aliphatic heterocycles. The van der Waals surface area contributed by atoms with E-state index in [2.05, 4.69) is 10.6 Å². The molecule has 0 saturated heterocycles. The lowest BCUT2D eigenvalue weighted by Crippen LogP contribution is -2.25. The molecule has 0 radical (unpaired) electrons. The lowest BCUT2D eigenvalue weighted by Gasteiger charge is -2.08. The third-order valence-corrected chi connectivity index (χ3v) is 4.55. The Labute approximate surface area is 164 Å². The summed E-state index contributed by atoms with van der Waals surface area (Å²) in [6, 6.07) is 14.1. The van der Waals surface area contributed by atoms with Crippen LogP contribution in [0.3, 0.4) is 0 Å². The molecule has 1 aliphatic carbocycles. The summed E-state index contributed by atoms with van der Waals surface area (Å²) in [7, 11) is 0. The van der Waals surface area contributed by atoms with Crippen molar-refractivity contribution in [2.24, 2.45) is 5.92 Å². The predicted molar refractivity (Wildman–Crippen MR) is 106 cm³/mol. The van der Waals surface area contributed by atoms with Gasteiger partial charge in [-0.25, -0.2) is 0 Å². The van der Waals surface area contributed by atoms with Crippen LogP contribution < -0.4 is 15.4 Å². The van der Waals surface area contributed by atoms with Gasteiger partial charge in [-0.3, -0.25) is 9.59 Å². The van der Waals surface area contributed by atoms with E-state index in [0.717, 1.165) is 12.4 Å². The van der Waals surface area contributed by atoms with Crippen LogP contribution in [-0.4, -0.2) is 25.0 Å². The minimum atomic E-state index is -0.151. The van der Waals surface area contributed by atoms with Crippen molar-refractivity contribution < 1.29 is 14.3 Å². The number of hydrogen-bond acceptors (Lipinski definition) is 3. The van der Waals surface area contributed by atoms with Gasteiger partial charge in [0.2, 0.25) is 5.91 Å². The normalized spacial score (nSPS) is 13.1. The van der Waals surface area contributed by atoms with Crippen LogP contribution in [-0.2, 0) is 4.79 Å². The lowest BCUT2D eigenvalue weighted by molar-refractivity contribution is -0.116. The Balaban J connectivity index is 1.33. The second-order valence-electron chi connectivity index (χ2n) is 6.69. The third-order valence-electron chi connectivity index (χ3n) is 4.29. The summed E-state index contributed by atoms with van der Waals surface area (Å²) in [5.41, 5.74) is 1.29. The largest absolute Gasteiger partial charge is 0.493 e. The van der Waals surface area contributed by atoms with Crippen molar-refractivity contribution in [2.45, 2.75) is 25.7 Å². The summed E-state index contributed by atoms with van der Waals surface area (Å²) in [6.07, 6.45) is 3.39. The Kier molecular flexibility index (Phi) is 6.71. The molecular formula is C21H23ClN2O3. The first-order valence-electron chi connectivity index (χ1n) is 9.16. The number of hydrogen-bond donors (Lipinski definition) is 2. The monoisotopic (exact) mass is 386 g/mol. The van der Waals surface area contributed by atoms with Gasteiger partial charge in [0.25, 0.3) is 5.91 Å². The summed E-state index contributed by atoms with van der Waals surface area (Å²) in [5, 5.41) is 6.25. The lowest BCUT2D eigenvalue weighted by atomic mass is 10.2. The number of carbonyl (C=O) groups is 2. The zero-order valence-electron chi connectivity index (χ0n) is 15.0. The molecule has 1 aliphatic rings. The fourth-order valence-electron chi connectivity index (χ4n) is 2.51. The van der Waals surface area contributed by atoms with Gasteiger partial charge < -0.3 is 15.4 Å². The van der Waals surface area contributed by atoms with Gasteiger partial charge in [0, 0.05) is 29.2 Å². The molecule has 2 amide bonds. The molecule has 2 aromatic carbocycles. The van der Waals surface area contributed by atoms with E-state index < -0.39 is 0 Å². The van der Waals surface area contributed by atoms with Crippen LogP contribution in [0.5, 0.6) is 5.75 Å². The number of benzene rings is 2. The van der Waals surface area contributed by atoms with Crippen LogP contribution in [0.15, 0.2) is 48.5 Å². The summed E-state index contributed by atoms with van der Waals surface area (Å²) in [4.78, 5) is 24.0. The van der Waals surface area contributed by atoms with Gasteiger partial charge in [-0.05, 0) is 73.7 Å². The fourth-order valence-corrected chi connectivity index (χ4v) is 2.64. The Hall–Kier alpha value is -2.53. The van der Waals surface area contributed by atoms with Crippen molar-refractivity contribution in [1.29, 1.82) is 0 Å². The summed E-state index contributed by atoms with van der Waals surface area (Å²) in [5.74, 6) is 1.24. The number of ether oxygens (including phenoxy) is 1. The molecule has 0 spiro atoms. The molecule has 2 aromatic rings. The van der Waals surface area contributed by atoms with Crippen molar-refractivity contribution in [1.82, 2.24) is 5.32 Å². The molecule has 0 bridgehead atoms. The standard InChI is InChI=1S/C21H23ClN2O3/c22-17-7-9-18(10-8-17)24-20(25)2-1-13-23-21(26)16-5-11-19(12-6-16)27-14-15-3-4-15/h5-12,15H,1-4,13-14H2,(H,23,26)(H,24,25). The van der Waals surface area contributed by atoms with Gasteiger partial charge in [0.1, 0.15) is 5.75 Å².